The van der Waals surface area contributed by atoms with Gasteiger partial charge in [-0.05, 0) is 55.8 Å². The van der Waals surface area contributed by atoms with Crippen LogP contribution in [-0.4, -0.2) is 32.4 Å². The van der Waals surface area contributed by atoms with Gasteiger partial charge in [0.05, 0.1) is 35.6 Å². The minimum absolute atomic E-state index is 0.155. The Kier molecular flexibility index (Phi) is 5.74. The van der Waals surface area contributed by atoms with Gasteiger partial charge in [0, 0.05) is 16.8 Å². The fraction of sp³-hybridized carbons (Fsp3) is 0.143. The van der Waals surface area contributed by atoms with E-state index in [1.54, 1.807) is 54.7 Å². The Labute approximate surface area is 203 Å². The molecule has 0 saturated carbocycles. The summed E-state index contributed by atoms with van der Waals surface area (Å²) >= 11 is 0. The predicted octanol–water partition coefficient (Wildman–Crippen LogP) is 4.47. The van der Waals surface area contributed by atoms with Crippen molar-refractivity contribution in [2.24, 2.45) is 0 Å². The van der Waals surface area contributed by atoms with Crippen molar-refractivity contribution in [3.05, 3.63) is 119 Å². The summed E-state index contributed by atoms with van der Waals surface area (Å²) in [4.78, 5) is 39.3. The zero-order valence-electron chi connectivity index (χ0n) is 19.4. The summed E-state index contributed by atoms with van der Waals surface area (Å²) in [6.45, 7) is 4.06. The van der Waals surface area contributed by atoms with Crippen molar-refractivity contribution >= 4 is 17.7 Å². The van der Waals surface area contributed by atoms with E-state index in [0.29, 0.717) is 16.7 Å². The summed E-state index contributed by atoms with van der Waals surface area (Å²) in [5.74, 6) is -0.808. The Morgan fingerprint density at radius 1 is 0.886 bits per heavy atom. The average Bonchev–Trinajstić information content (AvgIpc) is 3.38. The standard InChI is InChI=1S/C28H24N4O3/c1-18(25-16-29-32(19(25)2)22-8-4-3-5-9-22)30-26(33)21-14-12-20(13-15-21)17-31-27(34)23-10-6-7-11-24(23)28(31)35/h3-16,18H,17H2,1-2H3,(H,30,33). The summed E-state index contributed by atoms with van der Waals surface area (Å²) in [5, 5.41) is 7.51. The number of hydrogen-bond acceptors (Lipinski definition) is 4. The first kappa shape index (κ1) is 22.3. The SMILES string of the molecule is Cc1c(C(C)NC(=O)c2ccc(CN3C(=O)c4ccccc4C3=O)cc2)cnn1-c1ccccc1. The molecular weight excluding hydrogens is 440 g/mol. The largest absolute Gasteiger partial charge is 0.345 e. The number of carbonyl (C=O) groups excluding carboxylic acids is 3. The third kappa shape index (κ3) is 4.12. The highest BCUT2D eigenvalue weighted by Gasteiger charge is 2.34. The van der Waals surface area contributed by atoms with Crippen LogP contribution >= 0.6 is 0 Å². The van der Waals surface area contributed by atoms with Crippen LogP contribution in [0.5, 0.6) is 0 Å². The second kappa shape index (κ2) is 9.02. The molecule has 0 spiro atoms. The van der Waals surface area contributed by atoms with Crippen molar-refractivity contribution in [3.63, 3.8) is 0 Å². The second-order valence-corrected chi connectivity index (χ2v) is 8.57. The molecule has 0 fully saturated rings. The molecule has 1 unspecified atom stereocenters. The highest BCUT2D eigenvalue weighted by molar-refractivity contribution is 6.21. The molecular formula is C28H24N4O3. The van der Waals surface area contributed by atoms with Crippen LogP contribution in [0.3, 0.4) is 0 Å². The lowest BCUT2D eigenvalue weighted by molar-refractivity contribution is 0.0641. The van der Waals surface area contributed by atoms with Crippen molar-refractivity contribution in [2.45, 2.75) is 26.4 Å². The first-order chi connectivity index (χ1) is 16.9. The minimum atomic E-state index is -0.298. The summed E-state index contributed by atoms with van der Waals surface area (Å²) in [5.41, 5.74) is 4.97. The van der Waals surface area contributed by atoms with E-state index in [1.807, 2.05) is 48.9 Å². The Morgan fingerprint density at radius 3 is 2.11 bits per heavy atom. The number of rotatable bonds is 6. The summed E-state index contributed by atoms with van der Waals surface area (Å²) in [7, 11) is 0. The third-order valence-corrected chi connectivity index (χ3v) is 6.30. The molecule has 0 radical (unpaired) electrons. The molecule has 35 heavy (non-hydrogen) atoms. The summed E-state index contributed by atoms with van der Waals surface area (Å²) < 4.78 is 1.85. The normalized spacial score (nSPS) is 13.6. The van der Waals surface area contributed by atoms with Gasteiger partial charge in [0.1, 0.15) is 0 Å². The number of amides is 3. The fourth-order valence-corrected chi connectivity index (χ4v) is 4.36. The van der Waals surface area contributed by atoms with Crippen LogP contribution in [0.25, 0.3) is 5.69 Å². The number of imide groups is 1. The third-order valence-electron chi connectivity index (χ3n) is 6.30. The van der Waals surface area contributed by atoms with Gasteiger partial charge < -0.3 is 5.32 Å². The van der Waals surface area contributed by atoms with Gasteiger partial charge >= 0.3 is 0 Å². The lowest BCUT2D eigenvalue weighted by Crippen LogP contribution is -2.29. The molecule has 0 aliphatic carbocycles. The Morgan fingerprint density at radius 2 is 1.49 bits per heavy atom. The van der Waals surface area contributed by atoms with Gasteiger partial charge in [0.15, 0.2) is 0 Å². The molecule has 1 atom stereocenters. The van der Waals surface area contributed by atoms with E-state index < -0.39 is 0 Å². The Hall–Kier alpha value is -4.52. The lowest BCUT2D eigenvalue weighted by atomic mass is 10.1. The number of carbonyl (C=O) groups is 3. The van der Waals surface area contributed by atoms with Crippen molar-refractivity contribution in [2.75, 3.05) is 0 Å². The fourth-order valence-electron chi connectivity index (χ4n) is 4.36. The number of aromatic nitrogens is 2. The number of benzene rings is 3. The van der Waals surface area contributed by atoms with Gasteiger partial charge in [-0.15, -0.1) is 0 Å². The number of nitrogens with one attached hydrogen (secondary N) is 1. The molecule has 1 aliphatic heterocycles. The highest BCUT2D eigenvalue weighted by atomic mass is 16.2. The van der Waals surface area contributed by atoms with Crippen LogP contribution in [0.4, 0.5) is 0 Å². The molecule has 174 valence electrons. The van der Waals surface area contributed by atoms with Crippen LogP contribution in [-0.2, 0) is 6.54 Å². The number of fused-ring (bicyclic) bond motifs is 1. The van der Waals surface area contributed by atoms with E-state index in [2.05, 4.69) is 10.4 Å². The van der Waals surface area contributed by atoms with Gasteiger partial charge in [-0.3, -0.25) is 19.3 Å². The first-order valence-corrected chi connectivity index (χ1v) is 11.4. The van der Waals surface area contributed by atoms with E-state index in [0.717, 1.165) is 22.5 Å². The first-order valence-electron chi connectivity index (χ1n) is 11.4. The van der Waals surface area contributed by atoms with E-state index >= 15 is 0 Å². The van der Waals surface area contributed by atoms with Crippen LogP contribution in [0, 0.1) is 6.92 Å². The molecule has 1 aromatic heterocycles. The zero-order valence-corrected chi connectivity index (χ0v) is 19.4. The van der Waals surface area contributed by atoms with Gasteiger partial charge in [-0.25, -0.2) is 4.68 Å². The van der Waals surface area contributed by atoms with Crippen molar-refractivity contribution in [1.29, 1.82) is 0 Å². The summed E-state index contributed by atoms with van der Waals surface area (Å²) in [6.07, 6.45) is 1.78. The van der Waals surface area contributed by atoms with Gasteiger partial charge in [-0.1, -0.05) is 42.5 Å². The van der Waals surface area contributed by atoms with Gasteiger partial charge in [0.25, 0.3) is 17.7 Å². The smallest absolute Gasteiger partial charge is 0.261 e. The van der Waals surface area contributed by atoms with E-state index in [9.17, 15) is 14.4 Å². The van der Waals surface area contributed by atoms with E-state index in [-0.39, 0.29) is 30.3 Å². The monoisotopic (exact) mass is 464 g/mol. The topological polar surface area (TPSA) is 84.3 Å². The molecule has 2 heterocycles. The number of nitrogens with zero attached hydrogens (tertiary/aromatic N) is 3. The molecule has 7 nitrogen and oxygen atoms in total. The Balaban J connectivity index is 1.25. The maximum absolute atomic E-state index is 12.9. The lowest BCUT2D eigenvalue weighted by Gasteiger charge is -2.16. The van der Waals surface area contributed by atoms with E-state index in [1.165, 1.54) is 4.90 Å². The quantitative estimate of drug-likeness (QED) is 0.427. The molecule has 3 amide bonds. The predicted molar refractivity (Wildman–Crippen MR) is 131 cm³/mol. The van der Waals surface area contributed by atoms with Crippen molar-refractivity contribution in [3.8, 4) is 5.69 Å². The molecule has 4 aromatic rings. The van der Waals surface area contributed by atoms with Crippen LogP contribution < -0.4 is 5.32 Å². The molecule has 1 N–H and O–H groups in total. The van der Waals surface area contributed by atoms with Crippen LogP contribution in [0.15, 0.2) is 85.1 Å². The molecule has 7 heteroatoms. The minimum Gasteiger partial charge on any atom is -0.345 e. The maximum Gasteiger partial charge on any atom is 0.261 e. The molecule has 1 aliphatic rings. The molecule has 0 saturated heterocycles. The second-order valence-electron chi connectivity index (χ2n) is 8.57. The highest BCUT2D eigenvalue weighted by Crippen LogP contribution is 2.25. The van der Waals surface area contributed by atoms with Crippen LogP contribution in [0.2, 0.25) is 0 Å². The summed E-state index contributed by atoms with van der Waals surface area (Å²) in [6, 6.07) is 23.4. The molecule has 3 aromatic carbocycles. The zero-order chi connectivity index (χ0) is 24.5. The van der Waals surface area contributed by atoms with E-state index in [4.69, 9.17) is 0 Å². The van der Waals surface area contributed by atoms with Crippen molar-refractivity contribution < 1.29 is 14.4 Å². The van der Waals surface area contributed by atoms with Gasteiger partial charge in [-0.2, -0.15) is 5.10 Å². The maximum atomic E-state index is 12.9. The molecule has 5 rings (SSSR count). The number of hydrogen-bond donors (Lipinski definition) is 1. The molecule has 0 bridgehead atoms. The Bertz CT molecular complexity index is 1390. The average molecular weight is 465 g/mol. The number of para-hydroxylation sites is 1. The van der Waals surface area contributed by atoms with Crippen molar-refractivity contribution in [1.82, 2.24) is 20.0 Å². The van der Waals surface area contributed by atoms with Gasteiger partial charge in [0.2, 0.25) is 0 Å². The van der Waals surface area contributed by atoms with Crippen LogP contribution in [0.1, 0.15) is 60.9 Å².